The quantitative estimate of drug-likeness (QED) is 0.870. The Morgan fingerprint density at radius 3 is 2.47 bits per heavy atom. The van der Waals surface area contributed by atoms with Gasteiger partial charge in [0.25, 0.3) is 0 Å². The van der Waals surface area contributed by atoms with E-state index in [2.05, 4.69) is 46.7 Å². The molecule has 3 nitrogen and oxygen atoms in total. The van der Waals surface area contributed by atoms with Gasteiger partial charge in [-0.15, -0.1) is 0 Å². The van der Waals surface area contributed by atoms with Crippen molar-refractivity contribution in [3.05, 3.63) is 59.4 Å². The average molecular weight is 227 g/mol. The molecule has 0 aliphatic rings. The average Bonchev–Trinajstić information content (AvgIpc) is 2.39. The number of likely N-dealkylation sites (N-methyl/N-ethyl adjacent to an activating group) is 1. The van der Waals surface area contributed by atoms with Crippen LogP contribution in [0, 0.1) is 6.92 Å². The van der Waals surface area contributed by atoms with Crippen LogP contribution < -0.4 is 5.32 Å². The van der Waals surface area contributed by atoms with Gasteiger partial charge in [-0.3, -0.25) is 0 Å². The van der Waals surface area contributed by atoms with Crippen molar-refractivity contribution in [3.8, 4) is 0 Å². The number of rotatable bonds is 4. The molecule has 0 bridgehead atoms. The Kier molecular flexibility index (Phi) is 3.83. The molecule has 1 N–H and O–H groups in total. The maximum atomic E-state index is 3.92. The van der Waals surface area contributed by atoms with Crippen LogP contribution in [0.5, 0.6) is 0 Å². The number of nitrogens with zero attached hydrogens (tertiary/aromatic N) is 2. The van der Waals surface area contributed by atoms with Gasteiger partial charge in [0.15, 0.2) is 0 Å². The monoisotopic (exact) mass is 227 g/mol. The molecule has 0 saturated carbocycles. The summed E-state index contributed by atoms with van der Waals surface area (Å²) >= 11 is 0. The third-order valence-corrected chi connectivity index (χ3v) is 2.92. The molecule has 1 heterocycles. The van der Waals surface area contributed by atoms with Crippen LogP contribution in [0.4, 0.5) is 0 Å². The van der Waals surface area contributed by atoms with Gasteiger partial charge >= 0.3 is 0 Å². The van der Waals surface area contributed by atoms with Gasteiger partial charge in [-0.25, -0.2) is 0 Å². The summed E-state index contributed by atoms with van der Waals surface area (Å²) < 4.78 is 0. The molecule has 0 aliphatic heterocycles. The lowest BCUT2D eigenvalue weighted by molar-refractivity contribution is 0.588. The lowest BCUT2D eigenvalue weighted by Gasteiger charge is -2.16. The fourth-order valence-corrected chi connectivity index (χ4v) is 1.85. The molecule has 88 valence electrons. The summed E-state index contributed by atoms with van der Waals surface area (Å²) in [5.41, 5.74) is 3.79. The van der Waals surface area contributed by atoms with Gasteiger partial charge in [-0.1, -0.05) is 29.8 Å². The molecule has 0 fully saturated rings. The van der Waals surface area contributed by atoms with E-state index in [-0.39, 0.29) is 6.04 Å². The molecule has 1 unspecified atom stereocenters. The second-order valence-corrected chi connectivity index (χ2v) is 4.21. The van der Waals surface area contributed by atoms with Crippen molar-refractivity contribution in [2.24, 2.45) is 0 Å². The molecule has 2 rings (SSSR count). The number of nitrogens with one attached hydrogen (secondary N) is 1. The van der Waals surface area contributed by atoms with Crippen molar-refractivity contribution >= 4 is 0 Å². The van der Waals surface area contributed by atoms with Crippen LogP contribution in [-0.4, -0.2) is 17.2 Å². The molecular weight excluding hydrogens is 210 g/mol. The zero-order chi connectivity index (χ0) is 12.1. The zero-order valence-corrected chi connectivity index (χ0v) is 10.2. The zero-order valence-electron chi connectivity index (χ0n) is 10.2. The van der Waals surface area contributed by atoms with Crippen molar-refractivity contribution in [1.82, 2.24) is 15.5 Å². The number of hydrogen-bond acceptors (Lipinski definition) is 3. The lowest BCUT2D eigenvalue weighted by Crippen LogP contribution is -2.19. The van der Waals surface area contributed by atoms with Crippen LogP contribution in [0.25, 0.3) is 0 Å². The second-order valence-electron chi connectivity index (χ2n) is 4.21. The highest BCUT2D eigenvalue weighted by Crippen LogP contribution is 2.17. The van der Waals surface area contributed by atoms with Crippen molar-refractivity contribution in [2.45, 2.75) is 19.4 Å². The summed E-state index contributed by atoms with van der Waals surface area (Å²) in [6.45, 7) is 2.10. The first-order chi connectivity index (χ1) is 8.29. The van der Waals surface area contributed by atoms with Crippen LogP contribution in [0.1, 0.15) is 22.7 Å². The van der Waals surface area contributed by atoms with E-state index in [1.54, 1.807) is 6.20 Å². The van der Waals surface area contributed by atoms with Crippen LogP contribution in [0.15, 0.2) is 42.7 Å². The molecule has 1 aromatic heterocycles. The molecule has 0 saturated heterocycles. The van der Waals surface area contributed by atoms with E-state index in [4.69, 9.17) is 0 Å². The second kappa shape index (κ2) is 5.55. The van der Waals surface area contributed by atoms with E-state index in [9.17, 15) is 0 Å². The fraction of sp³-hybridized carbons (Fsp3) is 0.286. The van der Waals surface area contributed by atoms with Crippen LogP contribution in [0.2, 0.25) is 0 Å². The summed E-state index contributed by atoms with van der Waals surface area (Å²) in [7, 11) is 1.97. The molecule has 2 aromatic rings. The molecule has 17 heavy (non-hydrogen) atoms. The summed E-state index contributed by atoms with van der Waals surface area (Å²) in [5, 5.41) is 11.0. The van der Waals surface area contributed by atoms with Gasteiger partial charge in [0.1, 0.15) is 0 Å². The topological polar surface area (TPSA) is 37.8 Å². The fourth-order valence-electron chi connectivity index (χ4n) is 1.85. The molecule has 0 amide bonds. The van der Waals surface area contributed by atoms with Crippen LogP contribution in [-0.2, 0) is 6.42 Å². The number of benzene rings is 1. The summed E-state index contributed by atoms with van der Waals surface area (Å²) in [6, 6.07) is 10.9. The molecule has 1 aromatic carbocycles. The minimum Gasteiger partial charge on any atom is -0.313 e. The standard InChI is InChI=1S/C14H17N3/c1-11-3-5-12(6-4-11)9-14(15-2)13-7-8-16-17-10-13/h3-8,10,14-15H,9H2,1-2H3. The highest BCUT2D eigenvalue weighted by molar-refractivity contribution is 5.24. The molecule has 0 aliphatic carbocycles. The highest BCUT2D eigenvalue weighted by atomic mass is 15.1. The van der Waals surface area contributed by atoms with Crippen LogP contribution >= 0.6 is 0 Å². The molecule has 1 atom stereocenters. The maximum Gasteiger partial charge on any atom is 0.0544 e. The molecule has 3 heteroatoms. The highest BCUT2D eigenvalue weighted by Gasteiger charge is 2.09. The Morgan fingerprint density at radius 1 is 1.12 bits per heavy atom. The van der Waals surface area contributed by atoms with Crippen molar-refractivity contribution < 1.29 is 0 Å². The van der Waals surface area contributed by atoms with Gasteiger partial charge in [-0.2, -0.15) is 10.2 Å². The van der Waals surface area contributed by atoms with Gasteiger partial charge in [-0.05, 0) is 37.6 Å². The summed E-state index contributed by atoms with van der Waals surface area (Å²) in [5.74, 6) is 0. The predicted octanol–water partition coefficient (Wildman–Crippen LogP) is 2.29. The van der Waals surface area contributed by atoms with Crippen molar-refractivity contribution in [2.75, 3.05) is 7.05 Å². The predicted molar refractivity (Wildman–Crippen MR) is 68.7 cm³/mol. The molecular formula is C14H17N3. The van der Waals surface area contributed by atoms with E-state index in [0.717, 1.165) is 6.42 Å². The van der Waals surface area contributed by atoms with Gasteiger partial charge in [0.05, 0.1) is 6.20 Å². The van der Waals surface area contributed by atoms with E-state index >= 15 is 0 Å². The number of aromatic nitrogens is 2. The van der Waals surface area contributed by atoms with Crippen LogP contribution in [0.3, 0.4) is 0 Å². The largest absolute Gasteiger partial charge is 0.313 e. The van der Waals surface area contributed by atoms with Gasteiger partial charge in [0.2, 0.25) is 0 Å². The van der Waals surface area contributed by atoms with Crippen molar-refractivity contribution in [3.63, 3.8) is 0 Å². The third-order valence-electron chi connectivity index (χ3n) is 2.92. The molecule has 0 radical (unpaired) electrons. The van der Waals surface area contributed by atoms with E-state index in [1.165, 1.54) is 16.7 Å². The lowest BCUT2D eigenvalue weighted by atomic mass is 10.00. The Morgan fingerprint density at radius 2 is 1.88 bits per heavy atom. The van der Waals surface area contributed by atoms with Gasteiger partial charge < -0.3 is 5.32 Å². The third kappa shape index (κ3) is 3.11. The van der Waals surface area contributed by atoms with E-state index in [0.29, 0.717) is 0 Å². The Balaban J connectivity index is 2.13. The van der Waals surface area contributed by atoms with E-state index < -0.39 is 0 Å². The Hall–Kier alpha value is -1.74. The Bertz CT molecular complexity index is 451. The summed E-state index contributed by atoms with van der Waals surface area (Å²) in [4.78, 5) is 0. The summed E-state index contributed by atoms with van der Waals surface area (Å²) in [6.07, 6.45) is 4.51. The van der Waals surface area contributed by atoms with Gasteiger partial charge in [0, 0.05) is 12.2 Å². The minimum absolute atomic E-state index is 0.285. The Labute approximate surface area is 102 Å². The normalized spacial score (nSPS) is 12.4. The SMILES string of the molecule is CNC(Cc1ccc(C)cc1)c1ccnnc1. The maximum absolute atomic E-state index is 3.92. The van der Waals surface area contributed by atoms with E-state index in [1.807, 2.05) is 19.3 Å². The smallest absolute Gasteiger partial charge is 0.0544 e. The number of hydrogen-bond donors (Lipinski definition) is 1. The number of aryl methyl sites for hydroxylation is 1. The molecule has 0 spiro atoms. The first kappa shape index (κ1) is 11.7. The first-order valence-electron chi connectivity index (χ1n) is 5.79. The minimum atomic E-state index is 0.285. The van der Waals surface area contributed by atoms with Crippen molar-refractivity contribution in [1.29, 1.82) is 0 Å². The first-order valence-corrected chi connectivity index (χ1v) is 5.79.